The fourth-order valence-electron chi connectivity index (χ4n) is 3.42. The van der Waals surface area contributed by atoms with Gasteiger partial charge in [-0.25, -0.2) is 0 Å². The number of nitro benzene ring substituents is 1. The summed E-state index contributed by atoms with van der Waals surface area (Å²) in [5, 5.41) is 17.6. The van der Waals surface area contributed by atoms with Gasteiger partial charge in [-0.15, -0.1) is 0 Å². The van der Waals surface area contributed by atoms with Gasteiger partial charge in [-0.2, -0.15) is 0 Å². The van der Waals surface area contributed by atoms with Crippen molar-refractivity contribution in [3.05, 3.63) is 33.9 Å². The maximum atomic E-state index is 12.4. The Morgan fingerprint density at radius 1 is 1.36 bits per heavy atom. The zero-order valence-corrected chi connectivity index (χ0v) is 12.4. The lowest BCUT2D eigenvalue weighted by atomic mass is 9.99. The number of piperidine rings is 1. The van der Waals surface area contributed by atoms with E-state index >= 15 is 0 Å². The summed E-state index contributed by atoms with van der Waals surface area (Å²) in [6, 6.07) is 5.17. The van der Waals surface area contributed by atoms with Crippen molar-refractivity contribution in [1.29, 1.82) is 0 Å². The van der Waals surface area contributed by atoms with Crippen LogP contribution in [0, 0.1) is 10.1 Å². The van der Waals surface area contributed by atoms with Crippen LogP contribution in [-0.4, -0.2) is 36.1 Å². The van der Waals surface area contributed by atoms with Crippen molar-refractivity contribution in [3.63, 3.8) is 0 Å². The van der Waals surface area contributed by atoms with Crippen molar-refractivity contribution in [3.8, 4) is 5.75 Å². The predicted octanol–water partition coefficient (Wildman–Crippen LogP) is 1.62. The molecule has 0 aliphatic carbocycles. The Kier molecular flexibility index (Phi) is 3.98. The molecule has 0 spiro atoms. The largest absolute Gasteiger partial charge is 0.497 e. The van der Waals surface area contributed by atoms with E-state index in [0.717, 1.165) is 25.7 Å². The van der Waals surface area contributed by atoms with E-state index in [4.69, 9.17) is 4.74 Å². The molecule has 2 aliphatic heterocycles. The van der Waals surface area contributed by atoms with Gasteiger partial charge in [-0.3, -0.25) is 14.9 Å². The maximum Gasteiger partial charge on any atom is 0.282 e. The number of amides is 1. The number of nitrogens with zero attached hydrogens (tertiary/aromatic N) is 1. The minimum absolute atomic E-state index is 0.0511. The molecule has 1 aromatic rings. The predicted molar refractivity (Wildman–Crippen MR) is 80.1 cm³/mol. The normalized spacial score (nSPS) is 26.5. The molecule has 7 nitrogen and oxygen atoms in total. The second-order valence-electron chi connectivity index (χ2n) is 5.92. The van der Waals surface area contributed by atoms with E-state index in [1.807, 2.05) is 0 Å². The van der Waals surface area contributed by atoms with Crippen molar-refractivity contribution < 1.29 is 14.5 Å². The lowest BCUT2D eigenvalue weighted by Crippen LogP contribution is -2.48. The van der Waals surface area contributed by atoms with Crippen LogP contribution in [0.3, 0.4) is 0 Å². The van der Waals surface area contributed by atoms with Crippen LogP contribution in [0.15, 0.2) is 18.2 Å². The van der Waals surface area contributed by atoms with Gasteiger partial charge in [0.15, 0.2) is 0 Å². The van der Waals surface area contributed by atoms with Gasteiger partial charge in [0.25, 0.3) is 11.6 Å². The fraction of sp³-hybridized carbons (Fsp3) is 0.533. The van der Waals surface area contributed by atoms with Crippen molar-refractivity contribution in [2.45, 2.75) is 43.8 Å². The lowest BCUT2D eigenvalue weighted by Gasteiger charge is -2.29. The third kappa shape index (κ3) is 2.89. The van der Waals surface area contributed by atoms with Crippen LogP contribution >= 0.6 is 0 Å². The highest BCUT2D eigenvalue weighted by Crippen LogP contribution is 2.28. The zero-order valence-electron chi connectivity index (χ0n) is 12.4. The van der Waals surface area contributed by atoms with Crippen molar-refractivity contribution in [1.82, 2.24) is 10.6 Å². The number of ether oxygens (including phenoxy) is 1. The minimum Gasteiger partial charge on any atom is -0.497 e. The molecule has 2 atom stereocenters. The van der Waals surface area contributed by atoms with Gasteiger partial charge in [0.05, 0.1) is 12.0 Å². The number of rotatable bonds is 4. The molecule has 2 saturated heterocycles. The van der Waals surface area contributed by atoms with E-state index in [1.165, 1.54) is 25.3 Å². The molecule has 1 aromatic carbocycles. The average molecular weight is 305 g/mol. The highest BCUT2D eigenvalue weighted by molar-refractivity contribution is 5.98. The first-order valence-electron chi connectivity index (χ1n) is 7.46. The summed E-state index contributed by atoms with van der Waals surface area (Å²) in [5.74, 6) is 0.0260. The monoisotopic (exact) mass is 305 g/mol. The molecule has 0 radical (unpaired) electrons. The Hall–Kier alpha value is -2.15. The van der Waals surface area contributed by atoms with Gasteiger partial charge in [0.2, 0.25) is 0 Å². The highest BCUT2D eigenvalue weighted by atomic mass is 16.6. The Morgan fingerprint density at radius 2 is 2.05 bits per heavy atom. The molecule has 22 heavy (non-hydrogen) atoms. The first kappa shape index (κ1) is 14.8. The molecule has 118 valence electrons. The number of benzene rings is 1. The van der Waals surface area contributed by atoms with Crippen molar-refractivity contribution >= 4 is 11.6 Å². The summed E-state index contributed by atoms with van der Waals surface area (Å²) in [5.41, 5.74) is -0.148. The Balaban J connectivity index is 1.77. The number of methoxy groups -OCH3 is 1. The quantitative estimate of drug-likeness (QED) is 0.651. The highest BCUT2D eigenvalue weighted by Gasteiger charge is 2.34. The van der Waals surface area contributed by atoms with E-state index in [9.17, 15) is 14.9 Å². The molecule has 2 fully saturated rings. The first-order valence-corrected chi connectivity index (χ1v) is 7.46. The van der Waals surface area contributed by atoms with Gasteiger partial charge < -0.3 is 15.4 Å². The summed E-state index contributed by atoms with van der Waals surface area (Å²) in [7, 11) is 1.47. The van der Waals surface area contributed by atoms with Crippen LogP contribution in [0.5, 0.6) is 5.75 Å². The molecular formula is C15H19N3O4. The second kappa shape index (κ2) is 5.92. The first-order chi connectivity index (χ1) is 10.6. The molecule has 1 amide bonds. The molecule has 2 heterocycles. The maximum absolute atomic E-state index is 12.4. The van der Waals surface area contributed by atoms with Crippen LogP contribution in [0.4, 0.5) is 5.69 Å². The number of carbonyl (C=O) groups is 1. The van der Waals surface area contributed by atoms with Gasteiger partial charge in [0.1, 0.15) is 11.3 Å². The van der Waals surface area contributed by atoms with Gasteiger partial charge in [-0.1, -0.05) is 0 Å². The molecule has 7 heteroatoms. The number of carbonyl (C=O) groups excluding carboxylic acids is 1. The van der Waals surface area contributed by atoms with Crippen LogP contribution < -0.4 is 15.4 Å². The van der Waals surface area contributed by atoms with Crippen LogP contribution in [0.2, 0.25) is 0 Å². The second-order valence-corrected chi connectivity index (χ2v) is 5.92. The van der Waals surface area contributed by atoms with Gasteiger partial charge >= 0.3 is 0 Å². The molecule has 2 bridgehead atoms. The molecule has 2 unspecified atom stereocenters. The Morgan fingerprint density at radius 3 is 2.64 bits per heavy atom. The third-order valence-electron chi connectivity index (χ3n) is 4.45. The minimum atomic E-state index is -0.541. The van der Waals surface area contributed by atoms with E-state index < -0.39 is 10.8 Å². The Labute approximate surface area is 128 Å². The summed E-state index contributed by atoms with van der Waals surface area (Å²) in [6.45, 7) is 0. The van der Waals surface area contributed by atoms with Crippen LogP contribution in [-0.2, 0) is 0 Å². The standard InChI is InChI=1S/C15H19N3O4/c1-22-12-4-5-14(18(20)21)13(8-12)15(19)17-11-6-9-2-3-10(7-11)16-9/h4-5,8-11,16H,2-3,6-7H2,1H3,(H,17,19). The average Bonchev–Trinajstić information content (AvgIpc) is 2.85. The third-order valence-corrected chi connectivity index (χ3v) is 4.45. The number of nitrogens with one attached hydrogen (secondary N) is 2. The lowest BCUT2D eigenvalue weighted by molar-refractivity contribution is -0.385. The number of nitro groups is 1. The Bertz CT molecular complexity index is 592. The SMILES string of the molecule is COc1ccc([N+](=O)[O-])c(C(=O)NC2CC3CCC(C2)N3)c1. The summed E-state index contributed by atoms with van der Waals surface area (Å²) >= 11 is 0. The number of hydrogen-bond donors (Lipinski definition) is 2. The zero-order chi connectivity index (χ0) is 15.7. The van der Waals surface area contributed by atoms with Crippen molar-refractivity contribution in [2.24, 2.45) is 0 Å². The van der Waals surface area contributed by atoms with E-state index in [-0.39, 0.29) is 17.3 Å². The number of hydrogen-bond acceptors (Lipinski definition) is 5. The topological polar surface area (TPSA) is 93.5 Å². The van der Waals surface area contributed by atoms with E-state index in [0.29, 0.717) is 17.8 Å². The molecule has 0 saturated carbocycles. The van der Waals surface area contributed by atoms with Crippen LogP contribution in [0.1, 0.15) is 36.0 Å². The van der Waals surface area contributed by atoms with Gasteiger partial charge in [-0.05, 0) is 37.8 Å². The molecule has 2 N–H and O–H groups in total. The molecule has 2 aliphatic rings. The van der Waals surface area contributed by atoms with Crippen LogP contribution in [0.25, 0.3) is 0 Å². The summed E-state index contributed by atoms with van der Waals surface area (Å²) < 4.78 is 5.06. The smallest absolute Gasteiger partial charge is 0.282 e. The van der Waals surface area contributed by atoms with E-state index in [2.05, 4.69) is 10.6 Å². The number of fused-ring (bicyclic) bond motifs is 2. The van der Waals surface area contributed by atoms with Gasteiger partial charge in [0, 0.05) is 24.2 Å². The van der Waals surface area contributed by atoms with E-state index in [1.54, 1.807) is 0 Å². The molecule has 3 rings (SSSR count). The van der Waals surface area contributed by atoms with Crippen molar-refractivity contribution in [2.75, 3.05) is 7.11 Å². The fourth-order valence-corrected chi connectivity index (χ4v) is 3.42. The molecular weight excluding hydrogens is 286 g/mol. The summed E-state index contributed by atoms with van der Waals surface area (Å²) in [4.78, 5) is 23.0. The molecule has 0 aromatic heterocycles. The summed E-state index contributed by atoms with van der Waals surface area (Å²) in [6.07, 6.45) is 4.02.